The molecule has 2 aromatic carbocycles. The predicted molar refractivity (Wildman–Crippen MR) is 74.3 cm³/mol. The van der Waals surface area contributed by atoms with Crippen LogP contribution in [0.2, 0.25) is 5.15 Å². The zero-order chi connectivity index (χ0) is 12.4. The maximum absolute atomic E-state index is 5.69. The van der Waals surface area contributed by atoms with Crippen molar-refractivity contribution in [1.29, 1.82) is 0 Å². The van der Waals surface area contributed by atoms with Gasteiger partial charge in [0.25, 0.3) is 0 Å². The first-order valence-electron chi connectivity index (χ1n) is 5.56. The predicted octanol–water partition coefficient (Wildman–Crippen LogP) is 4.03. The van der Waals surface area contributed by atoms with Crippen LogP contribution in [0.3, 0.4) is 0 Å². The first-order valence-corrected chi connectivity index (χ1v) is 5.94. The molecule has 3 nitrogen and oxygen atoms in total. The fourth-order valence-corrected chi connectivity index (χ4v) is 1.90. The highest BCUT2D eigenvalue weighted by atomic mass is 35.5. The highest BCUT2D eigenvalue weighted by molar-refractivity contribution is 6.29. The number of fused-ring (bicyclic) bond motifs is 1. The summed E-state index contributed by atoms with van der Waals surface area (Å²) in [7, 11) is 0. The Bertz CT molecular complexity index is 680. The Hall–Kier alpha value is -2.13. The van der Waals surface area contributed by atoms with Gasteiger partial charge in [-0.2, -0.15) is 0 Å². The summed E-state index contributed by atoms with van der Waals surface area (Å²) in [5, 5.41) is 13.7. The number of nitrogens with zero attached hydrogens (tertiary/aromatic N) is 2. The number of aromatic nitrogens is 2. The second kappa shape index (κ2) is 4.63. The highest BCUT2D eigenvalue weighted by Crippen LogP contribution is 2.21. The molecule has 0 aliphatic carbocycles. The van der Waals surface area contributed by atoms with Gasteiger partial charge in [0.15, 0.2) is 11.0 Å². The van der Waals surface area contributed by atoms with Crippen LogP contribution < -0.4 is 5.32 Å². The van der Waals surface area contributed by atoms with Gasteiger partial charge >= 0.3 is 0 Å². The molecule has 0 unspecified atom stereocenters. The van der Waals surface area contributed by atoms with Gasteiger partial charge < -0.3 is 5.32 Å². The molecule has 1 N–H and O–H groups in total. The van der Waals surface area contributed by atoms with Crippen LogP contribution in [-0.4, -0.2) is 10.2 Å². The number of hydrogen-bond acceptors (Lipinski definition) is 3. The Morgan fingerprint density at radius 1 is 0.833 bits per heavy atom. The summed E-state index contributed by atoms with van der Waals surface area (Å²) in [6, 6.07) is 17.9. The zero-order valence-corrected chi connectivity index (χ0v) is 10.2. The molecule has 88 valence electrons. The van der Waals surface area contributed by atoms with E-state index in [1.54, 1.807) is 12.1 Å². The van der Waals surface area contributed by atoms with Gasteiger partial charge in [0, 0.05) is 5.69 Å². The first-order chi connectivity index (χ1) is 8.81. The van der Waals surface area contributed by atoms with E-state index in [0.717, 1.165) is 5.69 Å². The van der Waals surface area contributed by atoms with Crippen LogP contribution in [0.5, 0.6) is 0 Å². The van der Waals surface area contributed by atoms with Crippen LogP contribution in [0.15, 0.2) is 54.6 Å². The average molecular weight is 256 g/mol. The first kappa shape index (κ1) is 11.0. The van der Waals surface area contributed by atoms with Gasteiger partial charge in [0.05, 0.1) is 0 Å². The Balaban J connectivity index is 1.92. The van der Waals surface area contributed by atoms with Crippen LogP contribution in [-0.2, 0) is 0 Å². The summed E-state index contributed by atoms with van der Waals surface area (Å²) in [6.45, 7) is 0. The number of benzene rings is 2. The van der Waals surface area contributed by atoms with Crippen molar-refractivity contribution in [2.45, 2.75) is 0 Å². The smallest absolute Gasteiger partial charge is 0.153 e. The molecule has 0 fully saturated rings. The minimum Gasteiger partial charge on any atom is -0.339 e. The van der Waals surface area contributed by atoms with Crippen molar-refractivity contribution >= 4 is 33.9 Å². The number of hydrogen-bond donors (Lipinski definition) is 1. The summed E-state index contributed by atoms with van der Waals surface area (Å²) in [4.78, 5) is 0. The third-order valence-corrected chi connectivity index (χ3v) is 2.86. The summed E-state index contributed by atoms with van der Waals surface area (Å²) < 4.78 is 0. The molecule has 4 heteroatoms. The lowest BCUT2D eigenvalue weighted by Crippen LogP contribution is -1.94. The van der Waals surface area contributed by atoms with Crippen molar-refractivity contribution in [2.75, 3.05) is 5.32 Å². The van der Waals surface area contributed by atoms with E-state index in [9.17, 15) is 0 Å². The summed E-state index contributed by atoms with van der Waals surface area (Å²) in [6.07, 6.45) is 0. The fraction of sp³-hybridized carbons (Fsp3) is 0. The minimum absolute atomic E-state index is 0.388. The summed E-state index contributed by atoms with van der Waals surface area (Å²) in [5.41, 5.74) is 0.977. The van der Waals surface area contributed by atoms with E-state index in [0.29, 0.717) is 11.0 Å². The van der Waals surface area contributed by atoms with Gasteiger partial charge in [-0.25, -0.2) is 0 Å². The van der Waals surface area contributed by atoms with Gasteiger partial charge in [0.2, 0.25) is 0 Å². The third kappa shape index (κ3) is 2.26. The standard InChI is InChI=1S/C14H10ClN3/c15-13-7-8-14(18-17-13)16-12-6-5-10-3-1-2-4-11(10)9-12/h1-9H,(H,16,18). The molecule has 0 spiro atoms. The van der Waals surface area contributed by atoms with Crippen molar-refractivity contribution in [3.63, 3.8) is 0 Å². The van der Waals surface area contributed by atoms with Gasteiger partial charge in [-0.05, 0) is 35.0 Å². The Kier molecular flexibility index (Phi) is 2.82. The van der Waals surface area contributed by atoms with Crippen LogP contribution in [0, 0.1) is 0 Å². The molecule has 1 heterocycles. The van der Waals surface area contributed by atoms with Gasteiger partial charge in [-0.3, -0.25) is 0 Å². The van der Waals surface area contributed by atoms with E-state index < -0.39 is 0 Å². The zero-order valence-electron chi connectivity index (χ0n) is 9.47. The molecule has 3 aromatic rings. The quantitative estimate of drug-likeness (QED) is 0.751. The van der Waals surface area contributed by atoms with Crippen LogP contribution >= 0.6 is 11.6 Å². The topological polar surface area (TPSA) is 37.8 Å². The molecule has 0 aliphatic rings. The normalized spacial score (nSPS) is 10.5. The largest absolute Gasteiger partial charge is 0.339 e. The summed E-state index contributed by atoms with van der Waals surface area (Å²) >= 11 is 5.69. The lowest BCUT2D eigenvalue weighted by atomic mass is 10.1. The Morgan fingerprint density at radius 2 is 1.67 bits per heavy atom. The van der Waals surface area contributed by atoms with Crippen molar-refractivity contribution in [2.24, 2.45) is 0 Å². The van der Waals surface area contributed by atoms with Gasteiger partial charge in [-0.15, -0.1) is 10.2 Å². The molecular formula is C14H10ClN3. The molecule has 1 aromatic heterocycles. The lowest BCUT2D eigenvalue weighted by molar-refractivity contribution is 1.04. The highest BCUT2D eigenvalue weighted by Gasteiger charge is 1.98. The maximum Gasteiger partial charge on any atom is 0.153 e. The SMILES string of the molecule is Clc1ccc(Nc2ccc3ccccc3c2)nn1. The van der Waals surface area contributed by atoms with Crippen LogP contribution in [0.4, 0.5) is 11.5 Å². The molecular weight excluding hydrogens is 246 g/mol. The van der Waals surface area contributed by atoms with Crippen molar-refractivity contribution in [3.8, 4) is 0 Å². The number of rotatable bonds is 2. The molecule has 0 saturated heterocycles. The van der Waals surface area contributed by atoms with Crippen molar-refractivity contribution < 1.29 is 0 Å². The fourth-order valence-electron chi connectivity index (χ4n) is 1.80. The third-order valence-electron chi connectivity index (χ3n) is 2.65. The Labute approximate surface area is 109 Å². The molecule has 18 heavy (non-hydrogen) atoms. The van der Waals surface area contributed by atoms with Crippen LogP contribution in [0.1, 0.15) is 0 Å². The average Bonchev–Trinajstić information content (AvgIpc) is 2.41. The van der Waals surface area contributed by atoms with Gasteiger partial charge in [-0.1, -0.05) is 41.9 Å². The molecule has 0 atom stereocenters. The second-order valence-electron chi connectivity index (χ2n) is 3.93. The van der Waals surface area contributed by atoms with E-state index in [2.05, 4.69) is 39.8 Å². The van der Waals surface area contributed by atoms with E-state index in [1.165, 1.54) is 10.8 Å². The maximum atomic E-state index is 5.69. The monoisotopic (exact) mass is 255 g/mol. The molecule has 0 radical (unpaired) electrons. The number of halogens is 1. The number of nitrogens with one attached hydrogen (secondary N) is 1. The molecule has 0 aliphatic heterocycles. The second-order valence-corrected chi connectivity index (χ2v) is 4.32. The van der Waals surface area contributed by atoms with Crippen LogP contribution in [0.25, 0.3) is 10.8 Å². The van der Waals surface area contributed by atoms with Crippen molar-refractivity contribution in [1.82, 2.24) is 10.2 Å². The van der Waals surface area contributed by atoms with Crippen molar-refractivity contribution in [3.05, 3.63) is 59.8 Å². The molecule has 0 saturated carbocycles. The molecule has 0 amide bonds. The molecule has 0 bridgehead atoms. The lowest BCUT2D eigenvalue weighted by Gasteiger charge is -2.06. The summed E-state index contributed by atoms with van der Waals surface area (Å²) in [5.74, 6) is 0.676. The number of anilines is 2. The minimum atomic E-state index is 0.388. The van der Waals surface area contributed by atoms with E-state index in [-0.39, 0.29) is 0 Å². The van der Waals surface area contributed by atoms with E-state index in [4.69, 9.17) is 11.6 Å². The molecule has 3 rings (SSSR count). The van der Waals surface area contributed by atoms with E-state index in [1.807, 2.05) is 18.2 Å². The Morgan fingerprint density at radius 3 is 2.44 bits per heavy atom. The van der Waals surface area contributed by atoms with Gasteiger partial charge in [0.1, 0.15) is 0 Å². The van der Waals surface area contributed by atoms with E-state index >= 15 is 0 Å².